The zero-order valence-electron chi connectivity index (χ0n) is 12.9. The van der Waals surface area contributed by atoms with E-state index in [2.05, 4.69) is 0 Å². The number of carbonyl (C=O) groups excluding carboxylic acids is 1. The van der Waals surface area contributed by atoms with Gasteiger partial charge in [0.1, 0.15) is 6.61 Å². The van der Waals surface area contributed by atoms with Crippen molar-refractivity contribution in [2.24, 2.45) is 11.1 Å². The Balaban J connectivity index is 0.00000242. The van der Waals surface area contributed by atoms with Crippen LogP contribution in [0.3, 0.4) is 0 Å². The number of nitrogens with two attached hydrogens (primary N) is 1. The van der Waals surface area contributed by atoms with Crippen molar-refractivity contribution < 1.29 is 13.9 Å². The SMILES string of the molecule is CN(CCOc1ccccc1F)C(=O)C1(CN)CCCC1.Cl. The predicted octanol–water partition coefficient (Wildman–Crippen LogP) is 2.60. The molecule has 1 fully saturated rings. The van der Waals surface area contributed by atoms with E-state index in [-0.39, 0.29) is 36.5 Å². The molecule has 1 aromatic carbocycles. The molecule has 1 amide bonds. The Bertz CT molecular complexity index is 493. The lowest BCUT2D eigenvalue weighted by atomic mass is 9.85. The summed E-state index contributed by atoms with van der Waals surface area (Å²) in [6, 6.07) is 6.26. The molecule has 1 saturated carbocycles. The number of ether oxygens (including phenoxy) is 1. The quantitative estimate of drug-likeness (QED) is 0.872. The molecule has 0 bridgehead atoms. The van der Waals surface area contributed by atoms with Crippen LogP contribution in [-0.2, 0) is 4.79 Å². The second-order valence-corrected chi connectivity index (χ2v) is 5.70. The fraction of sp³-hybridized carbons (Fsp3) is 0.562. The summed E-state index contributed by atoms with van der Waals surface area (Å²) in [5.74, 6) is -0.0897. The van der Waals surface area contributed by atoms with Crippen LogP contribution < -0.4 is 10.5 Å². The van der Waals surface area contributed by atoms with Crippen molar-refractivity contribution in [2.75, 3.05) is 26.7 Å². The third-order valence-electron chi connectivity index (χ3n) is 4.27. The average Bonchev–Trinajstić information content (AvgIpc) is 2.98. The zero-order valence-corrected chi connectivity index (χ0v) is 13.7. The van der Waals surface area contributed by atoms with Crippen LogP contribution in [0.1, 0.15) is 25.7 Å². The lowest BCUT2D eigenvalue weighted by Crippen LogP contribution is -2.46. The number of rotatable bonds is 6. The summed E-state index contributed by atoms with van der Waals surface area (Å²) >= 11 is 0. The molecule has 1 aromatic rings. The highest BCUT2D eigenvalue weighted by atomic mass is 35.5. The Morgan fingerprint density at radius 1 is 1.36 bits per heavy atom. The number of carbonyl (C=O) groups is 1. The van der Waals surface area contributed by atoms with Gasteiger partial charge in [0.2, 0.25) is 5.91 Å². The molecule has 0 aromatic heterocycles. The van der Waals surface area contributed by atoms with Gasteiger partial charge in [0.15, 0.2) is 11.6 Å². The Morgan fingerprint density at radius 2 is 2.00 bits per heavy atom. The summed E-state index contributed by atoms with van der Waals surface area (Å²) in [5, 5.41) is 0. The standard InChI is InChI=1S/C16H23FN2O2.ClH/c1-19(15(20)16(12-18)8-4-5-9-16)10-11-21-14-7-3-2-6-13(14)17;/h2-3,6-7H,4-5,8-12,18H2,1H3;1H. The van der Waals surface area contributed by atoms with Crippen molar-refractivity contribution in [3.63, 3.8) is 0 Å². The fourth-order valence-electron chi connectivity index (χ4n) is 2.92. The van der Waals surface area contributed by atoms with Gasteiger partial charge in [0, 0.05) is 13.6 Å². The smallest absolute Gasteiger partial charge is 0.229 e. The normalized spacial score (nSPS) is 16.0. The zero-order chi connectivity index (χ0) is 15.3. The summed E-state index contributed by atoms with van der Waals surface area (Å²) in [6.07, 6.45) is 3.84. The molecule has 124 valence electrons. The molecule has 0 unspecified atom stereocenters. The Labute approximate surface area is 137 Å². The van der Waals surface area contributed by atoms with E-state index in [1.165, 1.54) is 6.07 Å². The second-order valence-electron chi connectivity index (χ2n) is 5.70. The summed E-state index contributed by atoms with van der Waals surface area (Å²) in [4.78, 5) is 14.2. The number of halogens is 2. The van der Waals surface area contributed by atoms with Crippen molar-refractivity contribution in [2.45, 2.75) is 25.7 Å². The van der Waals surface area contributed by atoms with E-state index in [9.17, 15) is 9.18 Å². The van der Waals surface area contributed by atoms with Crippen LogP contribution in [0, 0.1) is 11.2 Å². The molecule has 0 saturated heterocycles. The lowest BCUT2D eigenvalue weighted by Gasteiger charge is -2.31. The van der Waals surface area contributed by atoms with Crippen molar-refractivity contribution >= 4 is 18.3 Å². The van der Waals surface area contributed by atoms with Crippen LogP contribution in [0.5, 0.6) is 5.75 Å². The van der Waals surface area contributed by atoms with Gasteiger partial charge in [-0.15, -0.1) is 12.4 Å². The van der Waals surface area contributed by atoms with E-state index in [1.807, 2.05) is 0 Å². The fourth-order valence-corrected chi connectivity index (χ4v) is 2.92. The molecular weight excluding hydrogens is 307 g/mol. The van der Waals surface area contributed by atoms with Crippen molar-refractivity contribution in [1.82, 2.24) is 4.90 Å². The number of para-hydroxylation sites is 1. The first-order chi connectivity index (χ1) is 10.1. The third kappa shape index (κ3) is 4.11. The van der Waals surface area contributed by atoms with Gasteiger partial charge in [-0.3, -0.25) is 4.79 Å². The topological polar surface area (TPSA) is 55.6 Å². The maximum absolute atomic E-state index is 13.4. The molecule has 1 aliphatic carbocycles. The van der Waals surface area contributed by atoms with Gasteiger partial charge in [-0.1, -0.05) is 25.0 Å². The molecule has 0 spiro atoms. The molecule has 22 heavy (non-hydrogen) atoms. The molecule has 2 N–H and O–H groups in total. The minimum absolute atomic E-state index is 0. The highest BCUT2D eigenvalue weighted by molar-refractivity contribution is 5.85. The number of likely N-dealkylation sites (N-methyl/N-ethyl adjacent to an activating group) is 1. The monoisotopic (exact) mass is 330 g/mol. The van der Waals surface area contributed by atoms with Gasteiger partial charge in [-0.2, -0.15) is 0 Å². The summed E-state index contributed by atoms with van der Waals surface area (Å²) in [6.45, 7) is 1.09. The highest BCUT2D eigenvalue weighted by Crippen LogP contribution is 2.38. The number of hydrogen-bond donors (Lipinski definition) is 1. The van der Waals surface area contributed by atoms with Gasteiger partial charge in [0.05, 0.1) is 12.0 Å². The van der Waals surface area contributed by atoms with E-state index >= 15 is 0 Å². The predicted molar refractivity (Wildman–Crippen MR) is 86.7 cm³/mol. The third-order valence-corrected chi connectivity index (χ3v) is 4.27. The summed E-state index contributed by atoms with van der Waals surface area (Å²) in [7, 11) is 1.75. The number of amides is 1. The van der Waals surface area contributed by atoms with Crippen molar-refractivity contribution in [1.29, 1.82) is 0 Å². The Kier molecular flexibility index (Phi) is 7.10. The number of benzene rings is 1. The molecule has 4 nitrogen and oxygen atoms in total. The van der Waals surface area contributed by atoms with Gasteiger partial charge in [-0.05, 0) is 25.0 Å². The van der Waals surface area contributed by atoms with Crippen LogP contribution in [0.25, 0.3) is 0 Å². The minimum Gasteiger partial charge on any atom is -0.489 e. The van der Waals surface area contributed by atoms with E-state index in [4.69, 9.17) is 10.5 Å². The largest absolute Gasteiger partial charge is 0.489 e. The molecule has 0 aliphatic heterocycles. The maximum Gasteiger partial charge on any atom is 0.229 e. The van der Waals surface area contributed by atoms with Gasteiger partial charge >= 0.3 is 0 Å². The maximum atomic E-state index is 13.4. The lowest BCUT2D eigenvalue weighted by molar-refractivity contribution is -0.140. The molecule has 0 radical (unpaired) electrons. The van der Waals surface area contributed by atoms with E-state index < -0.39 is 5.41 Å². The Hall–Kier alpha value is -1.33. The molecule has 6 heteroatoms. The first kappa shape index (κ1) is 18.7. The molecule has 2 rings (SSSR count). The second kappa shape index (κ2) is 8.34. The van der Waals surface area contributed by atoms with Crippen LogP contribution in [0.2, 0.25) is 0 Å². The van der Waals surface area contributed by atoms with E-state index in [1.54, 1.807) is 30.1 Å². The van der Waals surface area contributed by atoms with Gasteiger partial charge < -0.3 is 15.4 Å². The van der Waals surface area contributed by atoms with E-state index in [0.29, 0.717) is 13.1 Å². The number of nitrogens with zero attached hydrogens (tertiary/aromatic N) is 1. The highest BCUT2D eigenvalue weighted by Gasteiger charge is 2.41. The van der Waals surface area contributed by atoms with Crippen LogP contribution in [0.4, 0.5) is 4.39 Å². The van der Waals surface area contributed by atoms with Crippen molar-refractivity contribution in [3.05, 3.63) is 30.1 Å². The Morgan fingerprint density at radius 3 is 2.59 bits per heavy atom. The number of hydrogen-bond acceptors (Lipinski definition) is 3. The average molecular weight is 331 g/mol. The first-order valence-corrected chi connectivity index (χ1v) is 7.42. The molecular formula is C16H24ClFN2O2. The first-order valence-electron chi connectivity index (χ1n) is 7.42. The van der Waals surface area contributed by atoms with Crippen LogP contribution >= 0.6 is 12.4 Å². The van der Waals surface area contributed by atoms with Gasteiger partial charge in [0.25, 0.3) is 0 Å². The van der Waals surface area contributed by atoms with E-state index in [0.717, 1.165) is 25.7 Å². The molecule has 1 aliphatic rings. The van der Waals surface area contributed by atoms with Crippen molar-refractivity contribution in [3.8, 4) is 5.75 Å². The van der Waals surface area contributed by atoms with Gasteiger partial charge in [-0.25, -0.2) is 4.39 Å². The van der Waals surface area contributed by atoms with Crippen LogP contribution in [0.15, 0.2) is 24.3 Å². The minimum atomic E-state index is -0.396. The summed E-state index contributed by atoms with van der Waals surface area (Å²) < 4.78 is 18.8. The van der Waals surface area contributed by atoms with Crippen LogP contribution in [-0.4, -0.2) is 37.6 Å². The molecule has 0 heterocycles. The summed E-state index contributed by atoms with van der Waals surface area (Å²) in [5.41, 5.74) is 5.42. The molecule has 0 atom stereocenters.